The number of urea groups is 1. The maximum Gasteiger partial charge on any atom is 0.321 e. The number of aromatic hydroxyl groups is 1. The van der Waals surface area contributed by atoms with E-state index in [4.69, 9.17) is 0 Å². The number of imide groups is 1. The molecule has 1 saturated heterocycles. The Morgan fingerprint density at radius 1 is 1.23 bits per heavy atom. The van der Waals surface area contributed by atoms with Gasteiger partial charge in [0.05, 0.1) is 0 Å². The molecule has 8 nitrogen and oxygen atoms in total. The normalized spacial score (nSPS) is 16.4. The van der Waals surface area contributed by atoms with Crippen molar-refractivity contribution in [2.24, 2.45) is 0 Å². The summed E-state index contributed by atoms with van der Waals surface area (Å²) in [4.78, 5) is 37.5. The van der Waals surface area contributed by atoms with Crippen LogP contribution in [0.5, 0.6) is 5.88 Å². The van der Waals surface area contributed by atoms with Crippen LogP contribution >= 0.6 is 0 Å². The largest absolute Gasteiger partial charge is 0.494 e. The smallest absolute Gasteiger partial charge is 0.321 e. The molecule has 4 amide bonds. The molecule has 2 heterocycles. The number of fused-ring (bicyclic) bond motifs is 1. The fourth-order valence-corrected chi connectivity index (χ4v) is 3.63. The van der Waals surface area contributed by atoms with Gasteiger partial charge in [-0.15, -0.1) is 0 Å². The first-order valence-corrected chi connectivity index (χ1v) is 9.67. The summed E-state index contributed by atoms with van der Waals surface area (Å²) in [5.41, 5.74) is 1.65. The van der Waals surface area contributed by atoms with Gasteiger partial charge in [-0.05, 0) is 36.2 Å². The van der Waals surface area contributed by atoms with Crippen molar-refractivity contribution in [3.05, 3.63) is 60.3 Å². The quantitative estimate of drug-likeness (QED) is 0.580. The second-order valence-corrected chi connectivity index (χ2v) is 7.30. The summed E-state index contributed by atoms with van der Waals surface area (Å²) in [6.45, 7) is 0.316. The third-order valence-corrected chi connectivity index (χ3v) is 5.32. The fourth-order valence-electron chi connectivity index (χ4n) is 3.63. The molecule has 0 bridgehead atoms. The molecule has 1 unspecified atom stereocenters. The molecule has 1 atom stereocenters. The number of piperidine rings is 1. The zero-order valence-electron chi connectivity index (χ0n) is 16.5. The number of anilines is 1. The first-order valence-electron chi connectivity index (χ1n) is 9.67. The van der Waals surface area contributed by atoms with E-state index in [0.717, 1.165) is 16.6 Å². The predicted molar refractivity (Wildman–Crippen MR) is 112 cm³/mol. The van der Waals surface area contributed by atoms with Crippen molar-refractivity contribution in [3.63, 3.8) is 0 Å². The molecular formula is C22H22N4O4. The summed E-state index contributed by atoms with van der Waals surface area (Å²) in [5.74, 6) is -0.733. The number of nitrogens with one attached hydrogen (secondary N) is 2. The minimum Gasteiger partial charge on any atom is -0.494 e. The molecule has 3 aromatic rings. The lowest BCUT2D eigenvalue weighted by molar-refractivity contribution is -0.135. The van der Waals surface area contributed by atoms with Crippen molar-refractivity contribution in [2.75, 3.05) is 11.9 Å². The van der Waals surface area contributed by atoms with Crippen LogP contribution < -0.4 is 15.5 Å². The first kappa shape index (κ1) is 19.5. The summed E-state index contributed by atoms with van der Waals surface area (Å²) in [5, 5.41) is 17.1. The van der Waals surface area contributed by atoms with Crippen LogP contribution in [0, 0.1) is 0 Å². The Balaban J connectivity index is 1.49. The van der Waals surface area contributed by atoms with E-state index in [-0.39, 0.29) is 24.2 Å². The molecule has 8 heteroatoms. The highest BCUT2D eigenvalue weighted by atomic mass is 16.3. The van der Waals surface area contributed by atoms with Crippen LogP contribution in [0.25, 0.3) is 10.8 Å². The Morgan fingerprint density at radius 3 is 2.73 bits per heavy atom. The third-order valence-electron chi connectivity index (χ3n) is 5.32. The van der Waals surface area contributed by atoms with Crippen LogP contribution in [0.15, 0.2) is 54.7 Å². The molecule has 0 saturated carbocycles. The van der Waals surface area contributed by atoms with Crippen molar-refractivity contribution in [2.45, 2.75) is 25.4 Å². The molecule has 4 rings (SSSR count). The van der Waals surface area contributed by atoms with E-state index in [2.05, 4.69) is 10.6 Å². The van der Waals surface area contributed by atoms with Crippen LogP contribution in [0.3, 0.4) is 0 Å². The second-order valence-electron chi connectivity index (χ2n) is 7.30. The van der Waals surface area contributed by atoms with Crippen molar-refractivity contribution >= 4 is 34.3 Å². The summed E-state index contributed by atoms with van der Waals surface area (Å²) in [6, 6.07) is 13.9. The summed E-state index contributed by atoms with van der Waals surface area (Å²) < 4.78 is 1.50. The number of para-hydroxylation sites is 1. The van der Waals surface area contributed by atoms with Gasteiger partial charge >= 0.3 is 6.03 Å². The summed E-state index contributed by atoms with van der Waals surface area (Å²) >= 11 is 0. The van der Waals surface area contributed by atoms with Crippen molar-refractivity contribution in [3.8, 4) is 5.88 Å². The monoisotopic (exact) mass is 406 g/mol. The Bertz CT molecular complexity index is 1120. The zero-order valence-corrected chi connectivity index (χ0v) is 16.5. The summed E-state index contributed by atoms with van der Waals surface area (Å²) in [6.07, 6.45) is 2.27. The van der Waals surface area contributed by atoms with Gasteiger partial charge in [-0.1, -0.05) is 24.3 Å². The Kier molecular flexibility index (Phi) is 5.14. The Labute approximate surface area is 173 Å². The molecule has 154 valence electrons. The number of carbonyl (C=O) groups is 3. The maximum absolute atomic E-state index is 12.4. The highest BCUT2D eigenvalue weighted by Crippen LogP contribution is 2.33. The highest BCUT2D eigenvalue weighted by molar-refractivity contribution is 6.00. The van der Waals surface area contributed by atoms with Crippen molar-refractivity contribution in [1.29, 1.82) is 0 Å². The molecule has 1 aliphatic rings. The lowest BCUT2D eigenvalue weighted by atomic mass is 10.1. The highest BCUT2D eigenvalue weighted by Gasteiger charge is 2.30. The minimum absolute atomic E-state index is 0.0149. The lowest BCUT2D eigenvalue weighted by Gasteiger charge is -2.22. The predicted octanol–water partition coefficient (Wildman–Crippen LogP) is 2.67. The number of hydrogen-bond donors (Lipinski definition) is 3. The van der Waals surface area contributed by atoms with Gasteiger partial charge in [0.15, 0.2) is 5.88 Å². The van der Waals surface area contributed by atoms with Gasteiger partial charge in [0.25, 0.3) is 0 Å². The van der Waals surface area contributed by atoms with E-state index >= 15 is 0 Å². The summed E-state index contributed by atoms with van der Waals surface area (Å²) in [7, 11) is 1.70. The van der Waals surface area contributed by atoms with E-state index < -0.39 is 11.9 Å². The first-order chi connectivity index (χ1) is 14.4. The number of carbonyl (C=O) groups excluding carboxylic acids is 3. The van der Waals surface area contributed by atoms with E-state index in [1.807, 2.05) is 42.5 Å². The van der Waals surface area contributed by atoms with Crippen LogP contribution in [0.4, 0.5) is 10.5 Å². The van der Waals surface area contributed by atoms with E-state index in [1.54, 1.807) is 19.3 Å². The Hall–Kier alpha value is -3.81. The van der Waals surface area contributed by atoms with Crippen LogP contribution in [-0.2, 0) is 16.1 Å². The van der Waals surface area contributed by atoms with Crippen LogP contribution in [0.1, 0.15) is 24.4 Å². The van der Waals surface area contributed by atoms with Gasteiger partial charge in [0, 0.05) is 42.7 Å². The molecular weight excluding hydrogens is 384 g/mol. The van der Waals surface area contributed by atoms with Gasteiger partial charge in [-0.3, -0.25) is 19.8 Å². The van der Waals surface area contributed by atoms with Crippen molar-refractivity contribution in [1.82, 2.24) is 15.2 Å². The molecule has 2 aromatic carbocycles. The SMILES string of the molecule is CN(C(=O)NCc1ccc2c(O)n(C3CCC(=O)NC3=O)cc2c1)c1ccccc1. The molecule has 1 aliphatic heterocycles. The molecule has 1 fully saturated rings. The standard InChI is InChI=1S/C22H22N4O4/c1-25(16-5-3-2-4-6-16)22(30)23-12-14-7-8-17-15(11-14)13-26(21(17)29)18-9-10-19(27)24-20(18)28/h2-8,11,13,18,29H,9-10,12H2,1H3,(H,23,30)(H,24,27,28). The van der Waals surface area contributed by atoms with Crippen molar-refractivity contribution < 1.29 is 19.5 Å². The number of aromatic nitrogens is 1. The van der Waals surface area contributed by atoms with Crippen LogP contribution in [0.2, 0.25) is 0 Å². The van der Waals surface area contributed by atoms with Gasteiger partial charge in [-0.2, -0.15) is 0 Å². The van der Waals surface area contributed by atoms with Gasteiger partial charge in [0.1, 0.15) is 6.04 Å². The topological polar surface area (TPSA) is 104 Å². The van der Waals surface area contributed by atoms with Gasteiger partial charge in [-0.25, -0.2) is 4.79 Å². The number of hydrogen-bond acceptors (Lipinski definition) is 4. The average Bonchev–Trinajstić information content (AvgIpc) is 3.07. The third kappa shape index (κ3) is 3.71. The minimum atomic E-state index is -0.627. The molecule has 0 aliphatic carbocycles. The average molecular weight is 406 g/mol. The van der Waals surface area contributed by atoms with E-state index in [9.17, 15) is 19.5 Å². The maximum atomic E-state index is 12.4. The van der Waals surface area contributed by atoms with E-state index in [0.29, 0.717) is 18.4 Å². The van der Waals surface area contributed by atoms with Crippen LogP contribution in [-0.4, -0.2) is 34.6 Å². The fraction of sp³-hybridized carbons (Fsp3) is 0.227. The number of nitrogens with zero attached hydrogens (tertiary/aromatic N) is 2. The second kappa shape index (κ2) is 7.90. The Morgan fingerprint density at radius 2 is 2.00 bits per heavy atom. The zero-order chi connectivity index (χ0) is 21.3. The molecule has 1 aromatic heterocycles. The number of rotatable bonds is 4. The van der Waals surface area contributed by atoms with Gasteiger partial charge in [0.2, 0.25) is 11.8 Å². The molecule has 30 heavy (non-hydrogen) atoms. The lowest BCUT2D eigenvalue weighted by Crippen LogP contribution is -2.41. The van der Waals surface area contributed by atoms with E-state index in [1.165, 1.54) is 9.47 Å². The molecule has 3 N–H and O–H groups in total. The number of amides is 4. The molecule has 0 radical (unpaired) electrons. The molecule has 0 spiro atoms. The van der Waals surface area contributed by atoms with Gasteiger partial charge < -0.3 is 15.0 Å². The number of benzene rings is 2.